The Morgan fingerprint density at radius 2 is 1.75 bits per heavy atom. The van der Waals surface area contributed by atoms with Crippen LogP contribution in [0.25, 0.3) is 16.7 Å². The minimum absolute atomic E-state index is 0.199. The van der Waals surface area contributed by atoms with Crippen LogP contribution in [0.3, 0.4) is 0 Å². The van der Waals surface area contributed by atoms with Crippen LogP contribution >= 0.6 is 0 Å². The number of para-hydroxylation sites is 1. The maximum atomic E-state index is 12.6. The molecule has 0 spiro atoms. The van der Waals surface area contributed by atoms with Gasteiger partial charge >= 0.3 is 0 Å². The molecule has 7 heteroatoms. The topological polar surface area (TPSA) is 78.8 Å². The molecule has 0 unspecified atom stereocenters. The minimum atomic E-state index is -0.199. The molecule has 1 aliphatic rings. The fourth-order valence-electron chi connectivity index (χ4n) is 4.28. The van der Waals surface area contributed by atoms with E-state index in [0.717, 1.165) is 31.2 Å². The van der Waals surface area contributed by atoms with Crippen molar-refractivity contribution in [2.45, 2.75) is 32.9 Å². The first-order valence-electron chi connectivity index (χ1n) is 11.2. The van der Waals surface area contributed by atoms with Crippen molar-refractivity contribution in [2.75, 3.05) is 18.4 Å². The van der Waals surface area contributed by atoms with Gasteiger partial charge in [0.05, 0.1) is 11.9 Å². The van der Waals surface area contributed by atoms with Gasteiger partial charge < -0.3 is 5.32 Å². The highest BCUT2D eigenvalue weighted by Crippen LogP contribution is 2.20. The SMILES string of the molecule is CC1CCN(Cc2ccccc2CNc2nc3c(cnn3-c3ccccc3)c(=O)[nH]2)CC1. The summed E-state index contributed by atoms with van der Waals surface area (Å²) >= 11 is 0. The van der Waals surface area contributed by atoms with E-state index in [1.54, 1.807) is 10.9 Å². The van der Waals surface area contributed by atoms with Crippen LogP contribution in [0.5, 0.6) is 0 Å². The van der Waals surface area contributed by atoms with Crippen LogP contribution in [-0.4, -0.2) is 37.7 Å². The smallest absolute Gasteiger partial charge is 0.263 e. The summed E-state index contributed by atoms with van der Waals surface area (Å²) in [6.45, 7) is 6.18. The summed E-state index contributed by atoms with van der Waals surface area (Å²) in [6.07, 6.45) is 4.09. The maximum absolute atomic E-state index is 12.6. The van der Waals surface area contributed by atoms with Crippen LogP contribution in [0.15, 0.2) is 65.6 Å². The van der Waals surface area contributed by atoms with Gasteiger partial charge in [-0.25, -0.2) is 4.68 Å². The Morgan fingerprint density at radius 1 is 1.03 bits per heavy atom. The van der Waals surface area contributed by atoms with Crippen molar-refractivity contribution in [3.63, 3.8) is 0 Å². The molecular formula is C25H28N6O. The Labute approximate surface area is 187 Å². The average molecular weight is 429 g/mol. The molecule has 1 aliphatic heterocycles. The molecule has 2 N–H and O–H groups in total. The van der Waals surface area contributed by atoms with Gasteiger partial charge in [0.15, 0.2) is 5.65 Å². The number of aromatic nitrogens is 4. The largest absolute Gasteiger partial charge is 0.352 e. The molecule has 2 aromatic carbocycles. The highest BCUT2D eigenvalue weighted by molar-refractivity contribution is 5.76. The van der Waals surface area contributed by atoms with E-state index in [1.165, 1.54) is 24.0 Å². The van der Waals surface area contributed by atoms with E-state index in [2.05, 4.69) is 56.5 Å². The maximum Gasteiger partial charge on any atom is 0.263 e. The predicted molar refractivity (Wildman–Crippen MR) is 127 cm³/mol. The lowest BCUT2D eigenvalue weighted by atomic mass is 9.98. The summed E-state index contributed by atoms with van der Waals surface area (Å²) in [6, 6.07) is 18.2. The molecule has 3 heterocycles. The number of nitrogens with zero attached hydrogens (tertiary/aromatic N) is 4. The Kier molecular flexibility index (Phi) is 5.73. The number of piperidine rings is 1. The van der Waals surface area contributed by atoms with Crippen LogP contribution in [-0.2, 0) is 13.1 Å². The van der Waals surface area contributed by atoms with E-state index >= 15 is 0 Å². The predicted octanol–water partition coefficient (Wildman–Crippen LogP) is 3.95. The van der Waals surface area contributed by atoms with Gasteiger partial charge in [-0.05, 0) is 55.1 Å². The van der Waals surface area contributed by atoms with E-state index < -0.39 is 0 Å². The number of benzene rings is 2. The third-order valence-electron chi connectivity index (χ3n) is 6.27. The molecule has 164 valence electrons. The van der Waals surface area contributed by atoms with Crippen LogP contribution in [0, 0.1) is 5.92 Å². The van der Waals surface area contributed by atoms with Crippen LogP contribution in [0.4, 0.5) is 5.95 Å². The summed E-state index contributed by atoms with van der Waals surface area (Å²) in [5.41, 5.74) is 3.74. The summed E-state index contributed by atoms with van der Waals surface area (Å²) < 4.78 is 1.70. The number of hydrogen-bond acceptors (Lipinski definition) is 5. The van der Waals surface area contributed by atoms with E-state index in [1.807, 2.05) is 30.3 Å². The zero-order valence-electron chi connectivity index (χ0n) is 18.3. The molecule has 0 saturated carbocycles. The van der Waals surface area contributed by atoms with Gasteiger partial charge in [0.1, 0.15) is 5.39 Å². The number of hydrogen-bond donors (Lipinski definition) is 2. The van der Waals surface area contributed by atoms with Gasteiger partial charge in [0, 0.05) is 13.1 Å². The highest BCUT2D eigenvalue weighted by atomic mass is 16.1. The summed E-state index contributed by atoms with van der Waals surface area (Å²) in [4.78, 5) is 22.7. The highest BCUT2D eigenvalue weighted by Gasteiger charge is 2.17. The van der Waals surface area contributed by atoms with Crippen molar-refractivity contribution in [1.82, 2.24) is 24.6 Å². The molecule has 0 bridgehead atoms. The number of H-pyrrole nitrogens is 1. The molecule has 32 heavy (non-hydrogen) atoms. The monoisotopic (exact) mass is 428 g/mol. The zero-order valence-corrected chi connectivity index (χ0v) is 18.3. The quantitative estimate of drug-likeness (QED) is 0.486. The molecular weight excluding hydrogens is 400 g/mol. The van der Waals surface area contributed by atoms with Gasteiger partial charge in [-0.2, -0.15) is 10.1 Å². The summed E-state index contributed by atoms with van der Waals surface area (Å²) in [5, 5.41) is 8.16. The molecule has 1 saturated heterocycles. The summed E-state index contributed by atoms with van der Waals surface area (Å²) in [5.74, 6) is 1.27. The van der Waals surface area contributed by atoms with E-state index in [0.29, 0.717) is 23.5 Å². The first kappa shape index (κ1) is 20.5. The fourth-order valence-corrected chi connectivity index (χ4v) is 4.28. The minimum Gasteiger partial charge on any atom is -0.352 e. The third-order valence-corrected chi connectivity index (χ3v) is 6.27. The lowest BCUT2D eigenvalue weighted by Gasteiger charge is -2.30. The zero-order chi connectivity index (χ0) is 21.9. The Bertz CT molecular complexity index is 1250. The molecule has 2 aromatic heterocycles. The van der Waals surface area contributed by atoms with Gasteiger partial charge in [-0.1, -0.05) is 49.4 Å². The number of aromatic amines is 1. The first-order valence-corrected chi connectivity index (χ1v) is 11.2. The lowest BCUT2D eigenvalue weighted by molar-refractivity contribution is 0.185. The van der Waals surface area contributed by atoms with Crippen molar-refractivity contribution >= 4 is 17.0 Å². The second-order valence-electron chi connectivity index (χ2n) is 8.62. The van der Waals surface area contributed by atoms with Crippen molar-refractivity contribution in [3.8, 4) is 5.69 Å². The molecule has 0 amide bonds. The van der Waals surface area contributed by atoms with Gasteiger partial charge in [-0.3, -0.25) is 14.7 Å². The number of nitrogens with one attached hydrogen (secondary N) is 2. The Balaban J connectivity index is 1.36. The number of rotatable bonds is 6. The van der Waals surface area contributed by atoms with E-state index in [-0.39, 0.29) is 5.56 Å². The van der Waals surface area contributed by atoms with Crippen molar-refractivity contribution in [2.24, 2.45) is 5.92 Å². The van der Waals surface area contributed by atoms with Crippen molar-refractivity contribution in [3.05, 3.63) is 82.3 Å². The molecule has 0 aliphatic carbocycles. The molecule has 5 rings (SSSR count). The van der Waals surface area contributed by atoms with Gasteiger partial charge in [0.25, 0.3) is 5.56 Å². The van der Waals surface area contributed by atoms with Crippen LogP contribution in [0.1, 0.15) is 30.9 Å². The Hall–Kier alpha value is -3.45. The second kappa shape index (κ2) is 8.96. The lowest BCUT2D eigenvalue weighted by Crippen LogP contribution is -2.32. The molecule has 0 atom stereocenters. The third kappa shape index (κ3) is 4.29. The molecule has 1 fully saturated rings. The standard InChI is InChI=1S/C25H28N6O/c1-18-11-13-30(14-12-18)17-20-8-6-5-7-19(20)15-26-25-28-23-22(24(32)29-25)16-27-31(23)21-9-3-2-4-10-21/h2-10,16,18H,11-15,17H2,1H3,(H2,26,28,29,32). The first-order chi connectivity index (χ1) is 15.7. The normalized spacial score (nSPS) is 15.3. The van der Waals surface area contributed by atoms with Crippen molar-refractivity contribution in [1.29, 1.82) is 0 Å². The van der Waals surface area contributed by atoms with Crippen LogP contribution < -0.4 is 10.9 Å². The fraction of sp³-hybridized carbons (Fsp3) is 0.320. The van der Waals surface area contributed by atoms with Gasteiger partial charge in [0.2, 0.25) is 5.95 Å². The van der Waals surface area contributed by atoms with E-state index in [9.17, 15) is 4.79 Å². The Morgan fingerprint density at radius 3 is 2.53 bits per heavy atom. The van der Waals surface area contributed by atoms with Crippen molar-refractivity contribution < 1.29 is 0 Å². The number of likely N-dealkylation sites (tertiary alicyclic amines) is 1. The molecule has 0 radical (unpaired) electrons. The molecule has 7 nitrogen and oxygen atoms in total. The summed E-state index contributed by atoms with van der Waals surface area (Å²) in [7, 11) is 0. The number of anilines is 1. The number of fused-ring (bicyclic) bond motifs is 1. The second-order valence-corrected chi connectivity index (χ2v) is 8.62. The average Bonchev–Trinajstić information content (AvgIpc) is 3.25. The van der Waals surface area contributed by atoms with Gasteiger partial charge in [-0.15, -0.1) is 0 Å². The van der Waals surface area contributed by atoms with E-state index in [4.69, 9.17) is 0 Å². The molecule has 4 aromatic rings. The van der Waals surface area contributed by atoms with Crippen LogP contribution in [0.2, 0.25) is 0 Å².